The Hall–Kier alpha value is -2.35. The highest BCUT2D eigenvalue weighted by atomic mass is 32.1. The lowest BCUT2D eigenvalue weighted by Gasteiger charge is -2.29. The van der Waals surface area contributed by atoms with Crippen molar-refractivity contribution in [2.24, 2.45) is 0 Å². The Balaban J connectivity index is 1.54. The summed E-state index contributed by atoms with van der Waals surface area (Å²) in [6.07, 6.45) is 4.72. The van der Waals surface area contributed by atoms with Crippen molar-refractivity contribution < 1.29 is 4.39 Å². The molecule has 7 heteroatoms. The molecule has 2 aliphatic rings. The Labute approximate surface area is 194 Å². The second kappa shape index (κ2) is 8.54. The molecule has 1 fully saturated rings. The Bertz CT molecular complexity index is 1160. The van der Waals surface area contributed by atoms with Gasteiger partial charge in [0.15, 0.2) is 5.82 Å². The number of halogens is 1. The van der Waals surface area contributed by atoms with E-state index in [2.05, 4.69) is 41.0 Å². The Morgan fingerprint density at radius 3 is 2.50 bits per heavy atom. The van der Waals surface area contributed by atoms with Crippen molar-refractivity contribution in [1.82, 2.24) is 24.1 Å². The van der Waals surface area contributed by atoms with Gasteiger partial charge in [-0.05, 0) is 94.3 Å². The van der Waals surface area contributed by atoms with Crippen LogP contribution >= 0.6 is 12.2 Å². The molecule has 0 radical (unpaired) electrons. The second-order valence-corrected chi connectivity index (χ2v) is 9.60. The van der Waals surface area contributed by atoms with E-state index in [9.17, 15) is 4.39 Å². The van der Waals surface area contributed by atoms with Crippen molar-refractivity contribution in [2.75, 3.05) is 14.1 Å². The summed E-state index contributed by atoms with van der Waals surface area (Å²) in [6.45, 7) is 2.79. The van der Waals surface area contributed by atoms with Crippen molar-refractivity contribution in [3.05, 3.63) is 76.1 Å². The highest BCUT2D eigenvalue weighted by Gasteiger charge is 2.38. The van der Waals surface area contributed by atoms with Gasteiger partial charge in [0.1, 0.15) is 5.82 Å². The zero-order chi connectivity index (χ0) is 22.4. The molecular weight excluding hydrogens is 421 g/mol. The van der Waals surface area contributed by atoms with Crippen molar-refractivity contribution in [3.8, 4) is 5.69 Å². The van der Waals surface area contributed by atoms with Gasteiger partial charge in [-0.3, -0.25) is 14.4 Å². The van der Waals surface area contributed by atoms with E-state index in [1.54, 1.807) is 12.1 Å². The first kappa shape index (κ1) is 21.5. The Morgan fingerprint density at radius 2 is 1.81 bits per heavy atom. The molecule has 3 aromatic rings. The Kier molecular flexibility index (Phi) is 5.73. The smallest absolute Gasteiger partial charge is 0.203 e. The van der Waals surface area contributed by atoms with Gasteiger partial charge in [0.05, 0.1) is 12.7 Å². The lowest BCUT2D eigenvalue weighted by atomic mass is 10.1. The maximum Gasteiger partial charge on any atom is 0.203 e. The minimum Gasteiger partial charge on any atom is -0.300 e. The monoisotopic (exact) mass is 451 g/mol. The van der Waals surface area contributed by atoms with Gasteiger partial charge in [0, 0.05) is 17.8 Å². The fraction of sp³-hybridized carbons (Fsp3) is 0.440. The zero-order valence-corrected chi connectivity index (χ0v) is 19.7. The fourth-order valence-corrected chi connectivity index (χ4v) is 5.06. The molecule has 168 valence electrons. The number of aryl methyl sites for hydroxylation is 1. The molecule has 1 saturated carbocycles. The lowest BCUT2D eigenvalue weighted by molar-refractivity contribution is 0.131. The summed E-state index contributed by atoms with van der Waals surface area (Å²) in [7, 11) is 4.07. The summed E-state index contributed by atoms with van der Waals surface area (Å²) < 4.78 is 18.2. The molecule has 2 atom stereocenters. The van der Waals surface area contributed by atoms with Crippen molar-refractivity contribution in [1.29, 1.82) is 0 Å². The SMILES string of the molecule is CC(c1nn(CN(C2CC2)C2CCc3ccccc32)c(=S)n1-c1ccc(F)cc1)N(C)C. The highest BCUT2D eigenvalue weighted by molar-refractivity contribution is 7.71. The number of hydrogen-bond donors (Lipinski definition) is 0. The fourth-order valence-electron chi connectivity index (χ4n) is 4.76. The highest BCUT2D eigenvalue weighted by Crippen LogP contribution is 2.42. The average Bonchev–Trinajstić information content (AvgIpc) is 3.46. The largest absolute Gasteiger partial charge is 0.300 e. The molecule has 5 nitrogen and oxygen atoms in total. The van der Waals surface area contributed by atoms with Gasteiger partial charge in [0.2, 0.25) is 4.77 Å². The molecule has 32 heavy (non-hydrogen) atoms. The first-order valence-corrected chi connectivity index (χ1v) is 11.8. The van der Waals surface area contributed by atoms with E-state index in [4.69, 9.17) is 17.3 Å². The van der Waals surface area contributed by atoms with Crippen LogP contribution in [0.5, 0.6) is 0 Å². The summed E-state index contributed by atoms with van der Waals surface area (Å²) in [4.78, 5) is 4.71. The number of nitrogens with zero attached hydrogens (tertiary/aromatic N) is 5. The molecule has 2 aliphatic carbocycles. The van der Waals surface area contributed by atoms with Crippen LogP contribution < -0.4 is 0 Å². The third-order valence-corrected chi connectivity index (χ3v) is 7.31. The Morgan fingerprint density at radius 1 is 1.09 bits per heavy atom. The van der Waals surface area contributed by atoms with Crippen molar-refractivity contribution in [2.45, 2.75) is 57.4 Å². The number of fused-ring (bicyclic) bond motifs is 1. The van der Waals surface area contributed by atoms with Gasteiger partial charge in [-0.15, -0.1) is 0 Å². The molecule has 1 aromatic heterocycles. The minimum absolute atomic E-state index is 0.0598. The first-order valence-electron chi connectivity index (χ1n) is 11.4. The molecular formula is C25H30FN5S. The molecule has 0 amide bonds. The number of hydrogen-bond acceptors (Lipinski definition) is 4. The number of rotatable bonds is 7. The molecule has 1 heterocycles. The lowest BCUT2D eigenvalue weighted by Crippen LogP contribution is -2.32. The average molecular weight is 452 g/mol. The maximum atomic E-state index is 13.6. The van der Waals surface area contributed by atoms with Crippen LogP contribution in [0.15, 0.2) is 48.5 Å². The molecule has 0 bridgehead atoms. The van der Waals surface area contributed by atoms with Gasteiger partial charge < -0.3 is 0 Å². The summed E-state index contributed by atoms with van der Waals surface area (Å²) in [5, 5.41) is 5.01. The molecule has 0 spiro atoms. The molecule has 5 rings (SSSR count). The molecule has 2 unspecified atom stereocenters. The summed E-state index contributed by atoms with van der Waals surface area (Å²) in [5.41, 5.74) is 3.76. The summed E-state index contributed by atoms with van der Waals surface area (Å²) in [5.74, 6) is 0.615. The van der Waals surface area contributed by atoms with Crippen LogP contribution in [-0.2, 0) is 13.1 Å². The van der Waals surface area contributed by atoms with Gasteiger partial charge in [-0.2, -0.15) is 5.10 Å². The molecule has 0 saturated heterocycles. The predicted molar refractivity (Wildman–Crippen MR) is 127 cm³/mol. The van der Waals surface area contributed by atoms with Crippen LogP contribution in [0.2, 0.25) is 0 Å². The van der Waals surface area contributed by atoms with Gasteiger partial charge in [-0.25, -0.2) is 9.07 Å². The minimum atomic E-state index is -0.255. The van der Waals surface area contributed by atoms with E-state index in [1.165, 1.54) is 36.1 Å². The zero-order valence-electron chi connectivity index (χ0n) is 18.9. The van der Waals surface area contributed by atoms with Crippen LogP contribution in [0, 0.1) is 10.6 Å². The number of benzene rings is 2. The second-order valence-electron chi connectivity index (χ2n) is 9.23. The van der Waals surface area contributed by atoms with Crippen LogP contribution in [0.1, 0.15) is 55.2 Å². The third kappa shape index (κ3) is 3.93. The van der Waals surface area contributed by atoms with E-state index < -0.39 is 0 Å². The van der Waals surface area contributed by atoms with Gasteiger partial charge in [-0.1, -0.05) is 24.3 Å². The third-order valence-electron chi connectivity index (χ3n) is 6.91. The van der Waals surface area contributed by atoms with Crippen LogP contribution in [-0.4, -0.2) is 44.3 Å². The van der Waals surface area contributed by atoms with Crippen LogP contribution in [0.3, 0.4) is 0 Å². The summed E-state index contributed by atoms with van der Waals surface area (Å²) in [6, 6.07) is 16.4. The standard InChI is InChI=1S/C25H30FN5S/c1-17(28(2)3)24-27-30(25(32)31(24)21-11-9-19(26)10-12-21)16-29(20-13-14-20)23-15-8-18-6-4-5-7-22(18)23/h4-7,9-12,17,20,23H,8,13-16H2,1-3H3. The summed E-state index contributed by atoms with van der Waals surface area (Å²) >= 11 is 5.94. The van der Waals surface area contributed by atoms with Gasteiger partial charge in [0.25, 0.3) is 0 Å². The van der Waals surface area contributed by atoms with E-state index in [0.717, 1.165) is 24.4 Å². The topological polar surface area (TPSA) is 29.2 Å². The van der Waals surface area contributed by atoms with Crippen molar-refractivity contribution in [3.63, 3.8) is 0 Å². The van der Waals surface area contributed by atoms with E-state index in [-0.39, 0.29) is 11.9 Å². The predicted octanol–water partition coefficient (Wildman–Crippen LogP) is 5.27. The molecule has 0 N–H and O–H groups in total. The number of aromatic nitrogens is 3. The maximum absolute atomic E-state index is 13.6. The molecule has 2 aromatic carbocycles. The van der Waals surface area contributed by atoms with Crippen LogP contribution in [0.4, 0.5) is 4.39 Å². The van der Waals surface area contributed by atoms with Crippen molar-refractivity contribution >= 4 is 12.2 Å². The van der Waals surface area contributed by atoms with Gasteiger partial charge >= 0.3 is 0 Å². The van der Waals surface area contributed by atoms with E-state index in [1.807, 2.05) is 23.3 Å². The first-order chi connectivity index (χ1) is 15.4. The van der Waals surface area contributed by atoms with Crippen LogP contribution in [0.25, 0.3) is 5.69 Å². The van der Waals surface area contributed by atoms with E-state index >= 15 is 0 Å². The van der Waals surface area contributed by atoms with E-state index in [0.29, 0.717) is 23.5 Å². The normalized spacial score (nSPS) is 19.0. The quantitative estimate of drug-likeness (QED) is 0.458. The molecule has 0 aliphatic heterocycles.